The first-order valence-corrected chi connectivity index (χ1v) is 9.97. The Bertz CT molecular complexity index is 1100. The molecule has 0 spiro atoms. The Morgan fingerprint density at radius 1 is 1.03 bits per heavy atom. The molecule has 0 saturated carbocycles. The van der Waals surface area contributed by atoms with Crippen LogP contribution in [0, 0.1) is 19.7 Å². The van der Waals surface area contributed by atoms with Gasteiger partial charge in [-0.05, 0) is 57.0 Å². The number of carbonyl (C=O) groups excluding carboxylic acids is 2. The van der Waals surface area contributed by atoms with E-state index in [0.717, 1.165) is 31.6 Å². The summed E-state index contributed by atoms with van der Waals surface area (Å²) in [5.41, 5.74) is 2.87. The fourth-order valence-corrected chi connectivity index (χ4v) is 3.89. The molecule has 7 heteroatoms. The zero-order chi connectivity index (χ0) is 21.3. The van der Waals surface area contributed by atoms with Gasteiger partial charge in [0.15, 0.2) is 0 Å². The van der Waals surface area contributed by atoms with Gasteiger partial charge in [-0.15, -0.1) is 0 Å². The van der Waals surface area contributed by atoms with E-state index >= 15 is 0 Å². The first-order valence-electron chi connectivity index (χ1n) is 9.97. The third kappa shape index (κ3) is 3.70. The van der Waals surface area contributed by atoms with Crippen molar-refractivity contribution in [1.29, 1.82) is 0 Å². The van der Waals surface area contributed by atoms with Crippen molar-refractivity contribution in [2.24, 2.45) is 0 Å². The first kappa shape index (κ1) is 19.8. The van der Waals surface area contributed by atoms with Gasteiger partial charge in [0, 0.05) is 18.8 Å². The van der Waals surface area contributed by atoms with E-state index in [9.17, 15) is 14.0 Å². The largest absolute Gasteiger partial charge is 0.369 e. The van der Waals surface area contributed by atoms with Gasteiger partial charge in [0.05, 0.1) is 28.3 Å². The van der Waals surface area contributed by atoms with Crippen LogP contribution in [0.15, 0.2) is 48.5 Å². The van der Waals surface area contributed by atoms with Gasteiger partial charge < -0.3 is 10.2 Å². The summed E-state index contributed by atoms with van der Waals surface area (Å²) >= 11 is 0. The van der Waals surface area contributed by atoms with Gasteiger partial charge in [-0.2, -0.15) is 5.10 Å². The standard InChI is InChI=1S/C23H23FN4O2/c1-15-21(16(2)28(26-15)18-8-4-3-5-9-18)22(29)23(30)25-17-10-11-20(19(24)14-17)27-12-6-7-13-27/h3-5,8-11,14H,6-7,12-13H2,1-2H3,(H,25,30). The maximum Gasteiger partial charge on any atom is 0.296 e. The molecule has 1 amide bonds. The monoisotopic (exact) mass is 406 g/mol. The number of rotatable bonds is 5. The molecule has 6 nitrogen and oxygen atoms in total. The van der Waals surface area contributed by atoms with E-state index in [1.807, 2.05) is 35.2 Å². The number of halogens is 1. The van der Waals surface area contributed by atoms with Crippen LogP contribution < -0.4 is 10.2 Å². The van der Waals surface area contributed by atoms with E-state index in [1.165, 1.54) is 6.07 Å². The summed E-state index contributed by atoms with van der Waals surface area (Å²) in [4.78, 5) is 27.4. The molecule has 1 saturated heterocycles. The molecule has 4 rings (SSSR count). The summed E-state index contributed by atoms with van der Waals surface area (Å²) in [6, 6.07) is 13.9. The van der Waals surface area contributed by atoms with Gasteiger partial charge in [-0.1, -0.05) is 18.2 Å². The zero-order valence-corrected chi connectivity index (χ0v) is 17.0. The van der Waals surface area contributed by atoms with Crippen LogP contribution in [0.25, 0.3) is 5.69 Å². The van der Waals surface area contributed by atoms with Crippen LogP contribution in [-0.2, 0) is 4.79 Å². The second-order valence-electron chi connectivity index (χ2n) is 7.44. The normalized spacial score (nSPS) is 13.5. The van der Waals surface area contributed by atoms with Crippen LogP contribution in [0.4, 0.5) is 15.8 Å². The molecule has 1 N–H and O–H groups in total. The molecule has 3 aromatic rings. The minimum Gasteiger partial charge on any atom is -0.369 e. The third-order valence-electron chi connectivity index (χ3n) is 5.38. The maximum atomic E-state index is 14.5. The van der Waals surface area contributed by atoms with E-state index < -0.39 is 17.5 Å². The van der Waals surface area contributed by atoms with Crippen LogP contribution in [-0.4, -0.2) is 34.6 Å². The summed E-state index contributed by atoms with van der Waals surface area (Å²) in [5.74, 6) is -1.93. The number of anilines is 2. The lowest BCUT2D eigenvalue weighted by atomic mass is 10.1. The molecule has 1 aliphatic heterocycles. The summed E-state index contributed by atoms with van der Waals surface area (Å²) in [6.07, 6.45) is 2.09. The zero-order valence-electron chi connectivity index (χ0n) is 17.0. The number of carbonyl (C=O) groups is 2. The number of ketones is 1. The molecule has 1 fully saturated rings. The van der Waals surface area contributed by atoms with Gasteiger partial charge in [-0.3, -0.25) is 9.59 Å². The summed E-state index contributed by atoms with van der Waals surface area (Å²) in [6.45, 7) is 5.09. The highest BCUT2D eigenvalue weighted by Gasteiger charge is 2.25. The average molecular weight is 406 g/mol. The number of aryl methyl sites for hydroxylation is 1. The molecule has 1 aromatic heterocycles. The van der Waals surface area contributed by atoms with Crippen LogP contribution in [0.5, 0.6) is 0 Å². The Balaban J connectivity index is 1.54. The summed E-state index contributed by atoms with van der Waals surface area (Å²) in [7, 11) is 0. The average Bonchev–Trinajstić information content (AvgIpc) is 3.36. The van der Waals surface area contributed by atoms with E-state index in [0.29, 0.717) is 17.1 Å². The lowest BCUT2D eigenvalue weighted by molar-refractivity contribution is -0.112. The predicted molar refractivity (Wildman–Crippen MR) is 114 cm³/mol. The first-order chi connectivity index (χ1) is 14.5. The molecule has 1 aliphatic rings. The van der Waals surface area contributed by atoms with E-state index in [2.05, 4.69) is 10.4 Å². The summed E-state index contributed by atoms with van der Waals surface area (Å²) < 4.78 is 16.1. The number of benzene rings is 2. The van der Waals surface area contributed by atoms with Crippen molar-refractivity contribution in [1.82, 2.24) is 9.78 Å². The van der Waals surface area contributed by atoms with Crippen molar-refractivity contribution in [3.05, 3.63) is 71.3 Å². The molecular formula is C23H23FN4O2. The topological polar surface area (TPSA) is 67.2 Å². The molecule has 0 atom stereocenters. The van der Waals surface area contributed by atoms with Crippen molar-refractivity contribution < 1.29 is 14.0 Å². The molecule has 0 radical (unpaired) electrons. The molecule has 30 heavy (non-hydrogen) atoms. The van der Waals surface area contributed by atoms with Crippen molar-refractivity contribution in [3.63, 3.8) is 0 Å². The Hall–Kier alpha value is -3.48. The molecule has 0 unspecified atom stereocenters. The Labute approximate surface area is 174 Å². The second-order valence-corrected chi connectivity index (χ2v) is 7.44. The molecule has 0 bridgehead atoms. The van der Waals surface area contributed by atoms with Gasteiger partial charge in [0.2, 0.25) is 0 Å². The van der Waals surface area contributed by atoms with Gasteiger partial charge in [0.1, 0.15) is 5.82 Å². The lowest BCUT2D eigenvalue weighted by Gasteiger charge is -2.18. The number of para-hydroxylation sites is 1. The van der Waals surface area contributed by atoms with Crippen molar-refractivity contribution >= 4 is 23.1 Å². The van der Waals surface area contributed by atoms with Crippen molar-refractivity contribution in [2.75, 3.05) is 23.3 Å². The van der Waals surface area contributed by atoms with Crippen LogP contribution in [0.1, 0.15) is 34.6 Å². The van der Waals surface area contributed by atoms with Crippen LogP contribution >= 0.6 is 0 Å². The van der Waals surface area contributed by atoms with Crippen molar-refractivity contribution in [3.8, 4) is 5.69 Å². The summed E-state index contributed by atoms with van der Waals surface area (Å²) in [5, 5.41) is 6.93. The maximum absolute atomic E-state index is 14.5. The number of hydrogen-bond acceptors (Lipinski definition) is 4. The minimum atomic E-state index is -0.817. The Morgan fingerprint density at radius 3 is 2.40 bits per heavy atom. The molecule has 2 heterocycles. The van der Waals surface area contributed by atoms with E-state index in [1.54, 1.807) is 30.7 Å². The van der Waals surface area contributed by atoms with Gasteiger partial charge in [-0.25, -0.2) is 9.07 Å². The van der Waals surface area contributed by atoms with E-state index in [-0.39, 0.29) is 11.3 Å². The number of nitrogens with zero attached hydrogens (tertiary/aromatic N) is 3. The van der Waals surface area contributed by atoms with Crippen molar-refractivity contribution in [2.45, 2.75) is 26.7 Å². The highest BCUT2D eigenvalue weighted by atomic mass is 19.1. The minimum absolute atomic E-state index is 0.250. The Morgan fingerprint density at radius 2 is 1.73 bits per heavy atom. The molecule has 154 valence electrons. The molecule has 0 aliphatic carbocycles. The van der Waals surface area contributed by atoms with Crippen LogP contribution in [0.2, 0.25) is 0 Å². The second kappa shape index (κ2) is 8.10. The fourth-order valence-electron chi connectivity index (χ4n) is 3.89. The highest BCUT2D eigenvalue weighted by molar-refractivity contribution is 6.47. The van der Waals surface area contributed by atoms with E-state index in [4.69, 9.17) is 0 Å². The number of amides is 1. The quantitative estimate of drug-likeness (QED) is 0.513. The van der Waals surface area contributed by atoms with Gasteiger partial charge in [0.25, 0.3) is 11.7 Å². The van der Waals surface area contributed by atoms with Gasteiger partial charge >= 0.3 is 0 Å². The SMILES string of the molecule is Cc1nn(-c2ccccc2)c(C)c1C(=O)C(=O)Nc1ccc(N2CCCC2)c(F)c1. The fraction of sp³-hybridized carbons (Fsp3) is 0.261. The number of hydrogen-bond donors (Lipinski definition) is 1. The number of aromatic nitrogens is 2. The third-order valence-corrected chi connectivity index (χ3v) is 5.38. The number of Topliss-reactive ketones (excluding diaryl/α,β-unsaturated/α-hetero) is 1. The molecular weight excluding hydrogens is 383 g/mol. The number of nitrogens with one attached hydrogen (secondary N) is 1. The highest BCUT2D eigenvalue weighted by Crippen LogP contribution is 2.26. The lowest BCUT2D eigenvalue weighted by Crippen LogP contribution is -2.24. The van der Waals surface area contributed by atoms with Crippen LogP contribution in [0.3, 0.4) is 0 Å². The predicted octanol–water partition coefficient (Wildman–Crippen LogP) is 4.05. The smallest absolute Gasteiger partial charge is 0.296 e. The Kier molecular flexibility index (Phi) is 5.35. The molecule has 2 aromatic carbocycles.